The molecule has 0 bridgehead atoms. The quantitative estimate of drug-likeness (QED) is 0.839. The van der Waals surface area contributed by atoms with Gasteiger partial charge in [-0.1, -0.05) is 6.92 Å². The summed E-state index contributed by atoms with van der Waals surface area (Å²) < 4.78 is 25.8. The molecule has 1 heterocycles. The van der Waals surface area contributed by atoms with Crippen LogP contribution < -0.4 is 0 Å². The third kappa shape index (κ3) is 2.74. The van der Waals surface area contributed by atoms with Crippen LogP contribution in [-0.4, -0.2) is 20.9 Å². The van der Waals surface area contributed by atoms with E-state index in [9.17, 15) is 13.6 Å². The van der Waals surface area contributed by atoms with Crippen molar-refractivity contribution in [1.82, 2.24) is 9.78 Å². The van der Waals surface area contributed by atoms with Gasteiger partial charge in [0.05, 0.1) is 12.5 Å². The van der Waals surface area contributed by atoms with Crippen LogP contribution in [0, 0.1) is 12.8 Å². The largest absolute Gasteiger partial charge is 0.481 e. The standard InChI is InChI=1S/C9H12F2N2O2/c1-5(9(14)15)4-13-6(2)3-7(12-13)8(10)11/h3,5,8H,4H2,1-2H3,(H,14,15)/t5-/m0/s1. The van der Waals surface area contributed by atoms with Crippen molar-refractivity contribution in [2.45, 2.75) is 26.8 Å². The summed E-state index contributed by atoms with van der Waals surface area (Å²) in [5.41, 5.74) is 0.225. The molecule has 4 nitrogen and oxygen atoms in total. The van der Waals surface area contributed by atoms with E-state index in [0.29, 0.717) is 5.69 Å². The zero-order valence-corrected chi connectivity index (χ0v) is 8.44. The highest BCUT2D eigenvalue weighted by molar-refractivity contribution is 5.69. The number of aromatic nitrogens is 2. The van der Waals surface area contributed by atoms with Gasteiger partial charge < -0.3 is 5.11 Å². The number of aliphatic carboxylic acids is 1. The molecule has 0 spiro atoms. The van der Waals surface area contributed by atoms with Crippen molar-refractivity contribution in [1.29, 1.82) is 0 Å². The van der Waals surface area contributed by atoms with Gasteiger partial charge in [0.15, 0.2) is 0 Å². The maximum atomic E-state index is 12.3. The summed E-state index contributed by atoms with van der Waals surface area (Å²) in [6.45, 7) is 3.23. The number of carboxylic acids is 1. The minimum absolute atomic E-state index is 0.105. The summed E-state index contributed by atoms with van der Waals surface area (Å²) in [6.07, 6.45) is -2.62. The van der Waals surface area contributed by atoms with Gasteiger partial charge in [-0.05, 0) is 13.0 Å². The molecule has 1 aromatic rings. The number of halogens is 2. The Bertz CT molecular complexity index is 363. The van der Waals surface area contributed by atoms with Crippen molar-refractivity contribution in [2.24, 2.45) is 5.92 Å². The fourth-order valence-corrected chi connectivity index (χ4v) is 1.16. The van der Waals surface area contributed by atoms with Gasteiger partial charge in [-0.2, -0.15) is 5.10 Å². The Kier molecular flexibility index (Phi) is 3.39. The van der Waals surface area contributed by atoms with Gasteiger partial charge in [-0.25, -0.2) is 8.78 Å². The Morgan fingerprint density at radius 1 is 1.67 bits per heavy atom. The van der Waals surface area contributed by atoms with Crippen molar-refractivity contribution in [3.8, 4) is 0 Å². The van der Waals surface area contributed by atoms with E-state index in [-0.39, 0.29) is 12.2 Å². The summed E-state index contributed by atoms with van der Waals surface area (Å²) in [5, 5.41) is 12.3. The average Bonchev–Trinajstić information content (AvgIpc) is 2.47. The van der Waals surface area contributed by atoms with Crippen LogP contribution in [-0.2, 0) is 11.3 Å². The molecule has 0 aliphatic heterocycles. The Hall–Kier alpha value is -1.46. The first kappa shape index (κ1) is 11.6. The van der Waals surface area contributed by atoms with Crippen molar-refractivity contribution in [3.63, 3.8) is 0 Å². The van der Waals surface area contributed by atoms with Crippen LogP contribution in [0.4, 0.5) is 8.78 Å². The smallest absolute Gasteiger partial charge is 0.308 e. The van der Waals surface area contributed by atoms with Crippen LogP contribution in [0.15, 0.2) is 6.07 Å². The highest BCUT2D eigenvalue weighted by Crippen LogP contribution is 2.18. The van der Waals surface area contributed by atoms with E-state index in [2.05, 4.69) is 5.10 Å². The van der Waals surface area contributed by atoms with E-state index in [0.717, 1.165) is 0 Å². The highest BCUT2D eigenvalue weighted by atomic mass is 19.3. The van der Waals surface area contributed by atoms with E-state index >= 15 is 0 Å². The van der Waals surface area contributed by atoms with Crippen molar-refractivity contribution >= 4 is 5.97 Å². The van der Waals surface area contributed by atoms with Gasteiger partial charge in [0.2, 0.25) is 0 Å². The number of carboxylic acid groups (broad SMARTS) is 1. The van der Waals surface area contributed by atoms with Crippen molar-refractivity contribution in [3.05, 3.63) is 17.5 Å². The molecule has 0 saturated carbocycles. The molecule has 0 aromatic carbocycles. The van der Waals surface area contributed by atoms with E-state index in [1.807, 2.05) is 0 Å². The molecule has 1 N–H and O–H groups in total. The number of rotatable bonds is 4. The number of alkyl halides is 2. The summed E-state index contributed by atoms with van der Waals surface area (Å²) in [5.74, 6) is -1.61. The van der Waals surface area contributed by atoms with Crippen LogP contribution in [0.5, 0.6) is 0 Å². The molecule has 0 aliphatic rings. The number of aryl methyl sites for hydroxylation is 1. The minimum Gasteiger partial charge on any atom is -0.481 e. The monoisotopic (exact) mass is 218 g/mol. The molecule has 0 fully saturated rings. The summed E-state index contributed by atoms with van der Waals surface area (Å²) in [7, 11) is 0. The van der Waals surface area contributed by atoms with Crippen LogP contribution in [0.2, 0.25) is 0 Å². The summed E-state index contributed by atoms with van der Waals surface area (Å²) in [4.78, 5) is 10.6. The normalized spacial score (nSPS) is 13.1. The van der Waals surface area contributed by atoms with Crippen LogP contribution >= 0.6 is 0 Å². The third-order valence-corrected chi connectivity index (χ3v) is 2.09. The molecular weight excluding hydrogens is 206 g/mol. The maximum absolute atomic E-state index is 12.3. The molecule has 1 rings (SSSR count). The molecule has 0 saturated heterocycles. The number of carbonyl (C=O) groups is 1. The molecule has 1 atom stereocenters. The Morgan fingerprint density at radius 2 is 2.27 bits per heavy atom. The number of hydrogen-bond acceptors (Lipinski definition) is 2. The lowest BCUT2D eigenvalue weighted by atomic mass is 10.2. The van der Waals surface area contributed by atoms with E-state index in [1.54, 1.807) is 6.92 Å². The van der Waals surface area contributed by atoms with Crippen LogP contribution in [0.25, 0.3) is 0 Å². The minimum atomic E-state index is -2.62. The lowest BCUT2D eigenvalue weighted by Crippen LogP contribution is -2.18. The molecule has 84 valence electrons. The molecule has 0 unspecified atom stereocenters. The molecule has 6 heteroatoms. The molecule has 0 aliphatic carbocycles. The predicted octanol–water partition coefficient (Wildman–Crippen LogP) is 1.85. The molecule has 1 aromatic heterocycles. The number of nitrogens with zero attached hydrogens (tertiary/aromatic N) is 2. The number of hydrogen-bond donors (Lipinski definition) is 1. The Labute approximate surface area is 85.5 Å². The first-order valence-corrected chi connectivity index (χ1v) is 4.47. The average molecular weight is 218 g/mol. The molecule has 0 radical (unpaired) electrons. The lowest BCUT2D eigenvalue weighted by molar-refractivity contribution is -0.141. The highest BCUT2D eigenvalue weighted by Gasteiger charge is 2.17. The zero-order chi connectivity index (χ0) is 11.6. The SMILES string of the molecule is Cc1cc(C(F)F)nn1C[C@H](C)C(=O)O. The van der Waals surface area contributed by atoms with Gasteiger partial charge in [0.25, 0.3) is 6.43 Å². The zero-order valence-electron chi connectivity index (χ0n) is 8.44. The van der Waals surface area contributed by atoms with Crippen molar-refractivity contribution < 1.29 is 18.7 Å². The van der Waals surface area contributed by atoms with E-state index < -0.39 is 18.3 Å². The summed E-state index contributed by atoms with van der Waals surface area (Å²) >= 11 is 0. The fraction of sp³-hybridized carbons (Fsp3) is 0.556. The Morgan fingerprint density at radius 3 is 2.67 bits per heavy atom. The predicted molar refractivity (Wildman–Crippen MR) is 48.7 cm³/mol. The summed E-state index contributed by atoms with van der Waals surface area (Å²) in [6, 6.07) is 1.26. The molecule has 15 heavy (non-hydrogen) atoms. The third-order valence-electron chi connectivity index (χ3n) is 2.09. The topological polar surface area (TPSA) is 55.1 Å². The van der Waals surface area contributed by atoms with Crippen LogP contribution in [0.1, 0.15) is 24.7 Å². The second-order valence-corrected chi connectivity index (χ2v) is 3.43. The van der Waals surface area contributed by atoms with Gasteiger partial charge in [-0.15, -0.1) is 0 Å². The first-order valence-electron chi connectivity index (χ1n) is 4.47. The fourth-order valence-electron chi connectivity index (χ4n) is 1.16. The second-order valence-electron chi connectivity index (χ2n) is 3.43. The van der Waals surface area contributed by atoms with Gasteiger partial charge >= 0.3 is 5.97 Å². The maximum Gasteiger partial charge on any atom is 0.308 e. The second kappa shape index (κ2) is 4.37. The van der Waals surface area contributed by atoms with Crippen LogP contribution in [0.3, 0.4) is 0 Å². The van der Waals surface area contributed by atoms with Gasteiger partial charge in [-0.3, -0.25) is 9.48 Å². The van der Waals surface area contributed by atoms with E-state index in [1.165, 1.54) is 17.7 Å². The molecular formula is C9H12F2N2O2. The van der Waals surface area contributed by atoms with Gasteiger partial charge in [0.1, 0.15) is 5.69 Å². The molecule has 0 amide bonds. The van der Waals surface area contributed by atoms with E-state index in [4.69, 9.17) is 5.11 Å². The van der Waals surface area contributed by atoms with Crippen molar-refractivity contribution in [2.75, 3.05) is 0 Å². The Balaban J connectivity index is 2.81. The lowest BCUT2D eigenvalue weighted by Gasteiger charge is -2.07. The first-order chi connectivity index (χ1) is 6.91. The van der Waals surface area contributed by atoms with Gasteiger partial charge in [0, 0.05) is 5.69 Å².